The summed E-state index contributed by atoms with van der Waals surface area (Å²) in [6, 6.07) is 28.1. The monoisotopic (exact) mass is 600 g/mol. The van der Waals surface area contributed by atoms with Crippen molar-refractivity contribution in [1.82, 2.24) is 4.57 Å². The molecule has 0 spiro atoms. The van der Waals surface area contributed by atoms with Gasteiger partial charge in [-0.05, 0) is 72.0 Å². The highest BCUT2D eigenvalue weighted by Gasteiger charge is 2.33. The van der Waals surface area contributed by atoms with Gasteiger partial charge in [-0.3, -0.25) is 9.36 Å². The van der Waals surface area contributed by atoms with Crippen LogP contribution in [0.2, 0.25) is 0 Å². The molecule has 1 aliphatic heterocycles. The van der Waals surface area contributed by atoms with Gasteiger partial charge in [-0.15, -0.1) is 0 Å². The van der Waals surface area contributed by atoms with E-state index in [1.807, 2.05) is 60.7 Å². The molecule has 4 aromatic carbocycles. The number of allylic oxidation sites excluding steroid dienone is 1. The Morgan fingerprint density at radius 3 is 2.45 bits per heavy atom. The van der Waals surface area contributed by atoms with Gasteiger partial charge in [-0.2, -0.15) is 10.2 Å². The van der Waals surface area contributed by atoms with Crippen molar-refractivity contribution in [2.45, 2.75) is 18.9 Å². The Hall–Kier alpha value is -5.28. The van der Waals surface area contributed by atoms with Crippen LogP contribution in [0.4, 0.5) is 11.4 Å². The Kier molecular flexibility index (Phi) is 7.15. The molecular weight excluding hydrogens is 572 g/mol. The van der Waals surface area contributed by atoms with E-state index in [2.05, 4.69) is 22.4 Å². The number of azo groups is 1. The second-order valence-corrected chi connectivity index (χ2v) is 11.5. The molecule has 5 aromatic rings. The van der Waals surface area contributed by atoms with Crippen LogP contribution in [0.25, 0.3) is 11.8 Å². The summed E-state index contributed by atoms with van der Waals surface area (Å²) < 4.78 is 13.4. The molecule has 0 amide bonds. The maximum atomic E-state index is 14.1. The first-order valence-electron chi connectivity index (χ1n) is 14.2. The van der Waals surface area contributed by atoms with E-state index in [4.69, 9.17) is 14.5 Å². The number of thiazole rings is 1. The zero-order valence-corrected chi connectivity index (χ0v) is 24.9. The number of rotatable bonds is 6. The van der Waals surface area contributed by atoms with E-state index < -0.39 is 0 Å². The summed E-state index contributed by atoms with van der Waals surface area (Å²) >= 11 is 1.31. The quantitative estimate of drug-likeness (QED) is 0.226. The van der Waals surface area contributed by atoms with Gasteiger partial charge in [0.05, 0.1) is 41.9 Å². The first-order valence-corrected chi connectivity index (χ1v) is 15.0. The van der Waals surface area contributed by atoms with Gasteiger partial charge in [0, 0.05) is 17.2 Å². The van der Waals surface area contributed by atoms with Crippen LogP contribution in [-0.4, -0.2) is 23.9 Å². The van der Waals surface area contributed by atoms with Gasteiger partial charge >= 0.3 is 0 Å². The van der Waals surface area contributed by atoms with E-state index in [1.165, 1.54) is 23.0 Å². The van der Waals surface area contributed by atoms with Gasteiger partial charge in [0.15, 0.2) is 16.3 Å². The van der Waals surface area contributed by atoms with E-state index in [-0.39, 0.29) is 17.4 Å². The van der Waals surface area contributed by atoms with Crippen molar-refractivity contribution in [3.05, 3.63) is 139 Å². The number of benzene rings is 4. The number of hydrogen-bond donors (Lipinski definition) is 1. The lowest BCUT2D eigenvalue weighted by Gasteiger charge is -2.31. The maximum Gasteiger partial charge on any atom is 0.271 e. The third kappa shape index (κ3) is 4.91. The van der Waals surface area contributed by atoms with Crippen molar-refractivity contribution in [2.75, 3.05) is 14.2 Å². The van der Waals surface area contributed by atoms with Gasteiger partial charge in [0.2, 0.25) is 0 Å². The number of phenols is 1. The van der Waals surface area contributed by atoms with Crippen LogP contribution in [0.5, 0.6) is 17.2 Å². The standard InChI is InChI=1S/C35H28N4O4S/c1-42-29-17-14-23(18-30(29)43-2)33-27-16-13-21-8-6-7-11-26(21)32(27)36-35-39(33)34(41)31(44-35)19-22-12-15-25(20-28(22)40)38-37-24-9-4-3-5-10-24/h3-12,14-15,17-20,33,40H,13,16H2,1-2H3/b31-19-,38-37?/t33-/m1/s1. The first kappa shape index (κ1) is 27.5. The summed E-state index contributed by atoms with van der Waals surface area (Å²) in [6.07, 6.45) is 3.35. The van der Waals surface area contributed by atoms with Crippen LogP contribution in [0, 0.1) is 0 Å². The smallest absolute Gasteiger partial charge is 0.271 e. The van der Waals surface area contributed by atoms with E-state index in [9.17, 15) is 9.90 Å². The molecule has 1 aliphatic carbocycles. The number of aromatic hydroxyl groups is 1. The van der Waals surface area contributed by atoms with Crippen LogP contribution in [0.15, 0.2) is 117 Å². The molecule has 0 saturated heterocycles. The highest BCUT2D eigenvalue weighted by Crippen LogP contribution is 2.42. The Morgan fingerprint density at radius 2 is 1.66 bits per heavy atom. The van der Waals surface area contributed by atoms with Crippen LogP contribution in [0.3, 0.4) is 0 Å². The van der Waals surface area contributed by atoms with Crippen molar-refractivity contribution in [3.8, 4) is 17.2 Å². The second-order valence-electron chi connectivity index (χ2n) is 10.5. The average Bonchev–Trinajstić information content (AvgIpc) is 3.37. The molecule has 0 fully saturated rings. The fourth-order valence-corrected chi connectivity index (χ4v) is 6.80. The molecule has 218 valence electrons. The Balaban J connectivity index is 1.36. The number of ether oxygens (including phenoxy) is 2. The molecule has 2 heterocycles. The van der Waals surface area contributed by atoms with Crippen LogP contribution < -0.4 is 24.4 Å². The zero-order chi connectivity index (χ0) is 30.2. The Bertz CT molecular complexity index is 2150. The largest absolute Gasteiger partial charge is 0.507 e. The number of nitrogens with zero attached hydrogens (tertiary/aromatic N) is 4. The molecule has 1 N–H and O–H groups in total. The normalized spacial score (nSPS) is 15.9. The van der Waals surface area contributed by atoms with Crippen LogP contribution in [0.1, 0.15) is 34.7 Å². The van der Waals surface area contributed by atoms with Crippen LogP contribution >= 0.6 is 11.3 Å². The molecular formula is C35H28N4O4S. The lowest BCUT2D eigenvalue weighted by molar-refractivity contribution is 0.354. The van der Waals surface area contributed by atoms with Gasteiger partial charge < -0.3 is 14.6 Å². The maximum absolute atomic E-state index is 14.1. The van der Waals surface area contributed by atoms with E-state index in [1.54, 1.807) is 37.0 Å². The van der Waals surface area contributed by atoms with E-state index >= 15 is 0 Å². The predicted octanol–water partition coefficient (Wildman–Crippen LogP) is 6.46. The number of fused-ring (bicyclic) bond motifs is 3. The van der Waals surface area contributed by atoms with Crippen molar-refractivity contribution in [3.63, 3.8) is 0 Å². The third-order valence-corrected chi connectivity index (χ3v) is 8.92. The molecule has 2 aliphatic rings. The topological polar surface area (TPSA) is 97.8 Å². The van der Waals surface area contributed by atoms with E-state index in [0.717, 1.165) is 35.2 Å². The van der Waals surface area contributed by atoms with Gasteiger partial charge in [0.1, 0.15) is 5.75 Å². The molecule has 44 heavy (non-hydrogen) atoms. The van der Waals surface area contributed by atoms with Gasteiger partial charge in [0.25, 0.3) is 5.56 Å². The molecule has 1 atom stereocenters. The number of hydrogen-bond acceptors (Lipinski definition) is 8. The highest BCUT2D eigenvalue weighted by atomic mass is 32.1. The fourth-order valence-electron chi connectivity index (χ4n) is 5.81. The summed E-state index contributed by atoms with van der Waals surface area (Å²) in [7, 11) is 3.21. The number of aryl methyl sites for hydroxylation is 1. The molecule has 1 aromatic heterocycles. The summed E-state index contributed by atoms with van der Waals surface area (Å²) in [5.74, 6) is 1.22. The van der Waals surface area contributed by atoms with Crippen LogP contribution in [-0.2, 0) is 6.42 Å². The third-order valence-electron chi connectivity index (χ3n) is 7.93. The summed E-state index contributed by atoms with van der Waals surface area (Å²) in [5, 5.41) is 19.3. The minimum atomic E-state index is -0.370. The van der Waals surface area contributed by atoms with Crippen molar-refractivity contribution >= 4 is 34.5 Å². The Labute approximate surface area is 257 Å². The molecule has 0 saturated carbocycles. The molecule has 0 unspecified atom stereocenters. The molecule has 0 radical (unpaired) electrons. The lowest BCUT2D eigenvalue weighted by atomic mass is 9.83. The number of methoxy groups -OCH3 is 2. The first-order chi connectivity index (χ1) is 21.5. The van der Waals surface area contributed by atoms with Crippen molar-refractivity contribution in [2.24, 2.45) is 15.2 Å². The predicted molar refractivity (Wildman–Crippen MR) is 171 cm³/mol. The zero-order valence-electron chi connectivity index (χ0n) is 24.1. The highest BCUT2D eigenvalue weighted by molar-refractivity contribution is 7.07. The SMILES string of the molecule is COc1ccc([C@@H]2C3=C(N=c4s/c(=C\c5ccc(N=Nc6ccccc6)cc5O)c(=O)n42)c2ccccc2CC3)cc1OC. The van der Waals surface area contributed by atoms with Crippen molar-refractivity contribution in [1.29, 1.82) is 0 Å². The van der Waals surface area contributed by atoms with Crippen molar-refractivity contribution < 1.29 is 14.6 Å². The summed E-state index contributed by atoms with van der Waals surface area (Å²) in [6.45, 7) is 0. The molecule has 0 bridgehead atoms. The molecule has 9 heteroatoms. The second kappa shape index (κ2) is 11.4. The number of aromatic nitrogens is 1. The summed E-state index contributed by atoms with van der Waals surface area (Å²) in [4.78, 5) is 19.8. The average molecular weight is 601 g/mol. The molecule has 8 nitrogen and oxygen atoms in total. The lowest BCUT2D eigenvalue weighted by Crippen LogP contribution is -2.38. The molecule has 7 rings (SSSR count). The minimum Gasteiger partial charge on any atom is -0.507 e. The van der Waals surface area contributed by atoms with E-state index in [0.29, 0.717) is 37.8 Å². The van der Waals surface area contributed by atoms with Gasteiger partial charge in [-0.1, -0.05) is 59.9 Å². The van der Waals surface area contributed by atoms with Gasteiger partial charge in [-0.25, -0.2) is 4.99 Å². The Morgan fingerprint density at radius 1 is 0.886 bits per heavy atom. The number of phenolic OH excluding ortho intramolecular Hbond substituents is 1. The minimum absolute atomic E-state index is 0.00464. The summed E-state index contributed by atoms with van der Waals surface area (Å²) in [5.41, 5.74) is 6.80. The fraction of sp³-hybridized carbons (Fsp3) is 0.143.